The first-order valence-electron chi connectivity index (χ1n) is 11.1. The minimum Gasteiger partial charge on any atom is -0.492 e. The van der Waals surface area contributed by atoms with Crippen molar-refractivity contribution in [2.75, 3.05) is 13.2 Å². The Kier molecular flexibility index (Phi) is 6.05. The number of aromatic hydroxyl groups is 1. The zero-order valence-electron chi connectivity index (χ0n) is 18.3. The summed E-state index contributed by atoms with van der Waals surface area (Å²) in [6, 6.07) is -0.155. The predicted octanol–water partition coefficient (Wildman–Crippen LogP) is 0.746. The molecule has 0 spiro atoms. The maximum Gasteiger partial charge on any atom is 0.270 e. The molecule has 172 valence electrons. The third-order valence-corrected chi connectivity index (χ3v) is 5.87. The predicted molar refractivity (Wildman–Crippen MR) is 117 cm³/mol. The second-order valence-corrected chi connectivity index (χ2v) is 8.93. The van der Waals surface area contributed by atoms with Gasteiger partial charge in [0.1, 0.15) is 5.65 Å². The number of amides is 2. The Balaban J connectivity index is 1.75. The average Bonchev–Trinajstić information content (AvgIpc) is 3.26. The minimum atomic E-state index is -0.610. The van der Waals surface area contributed by atoms with Crippen LogP contribution in [0.2, 0.25) is 0 Å². The van der Waals surface area contributed by atoms with E-state index in [9.17, 15) is 24.6 Å². The van der Waals surface area contributed by atoms with Crippen molar-refractivity contribution in [1.29, 1.82) is 0 Å². The van der Waals surface area contributed by atoms with Crippen LogP contribution < -0.4 is 10.9 Å². The van der Waals surface area contributed by atoms with Gasteiger partial charge in [-0.3, -0.25) is 19.0 Å². The molecule has 1 saturated heterocycles. The Morgan fingerprint density at radius 2 is 2.06 bits per heavy atom. The number of likely N-dealkylation sites (tertiary alicyclic amines) is 1. The molecule has 10 heteroatoms. The van der Waals surface area contributed by atoms with Gasteiger partial charge in [0.2, 0.25) is 11.8 Å². The lowest BCUT2D eigenvalue weighted by atomic mass is 10.2. The van der Waals surface area contributed by atoms with E-state index in [1.807, 2.05) is 13.8 Å². The lowest BCUT2D eigenvalue weighted by Gasteiger charge is -2.21. The summed E-state index contributed by atoms with van der Waals surface area (Å²) in [5.41, 5.74) is -0.139. The molecule has 1 aliphatic carbocycles. The first-order chi connectivity index (χ1) is 15.3. The molecular formula is C22H29N5O5. The molecule has 1 saturated carbocycles. The number of hydrogen-bond acceptors (Lipinski definition) is 6. The van der Waals surface area contributed by atoms with Gasteiger partial charge in [0.15, 0.2) is 5.56 Å². The third-order valence-electron chi connectivity index (χ3n) is 5.87. The van der Waals surface area contributed by atoms with E-state index in [4.69, 9.17) is 0 Å². The third kappa shape index (κ3) is 4.14. The molecule has 2 aliphatic rings. The Hall–Kier alpha value is -3.14. The van der Waals surface area contributed by atoms with Crippen molar-refractivity contribution in [3.63, 3.8) is 0 Å². The molecule has 1 aliphatic heterocycles. The summed E-state index contributed by atoms with van der Waals surface area (Å²) in [5, 5.41) is 27.1. The van der Waals surface area contributed by atoms with E-state index in [1.54, 1.807) is 11.0 Å². The number of aliphatic hydroxyl groups is 1. The van der Waals surface area contributed by atoms with Gasteiger partial charge in [-0.05, 0) is 37.7 Å². The quantitative estimate of drug-likeness (QED) is 0.542. The fourth-order valence-corrected chi connectivity index (χ4v) is 4.12. The zero-order valence-corrected chi connectivity index (χ0v) is 18.3. The van der Waals surface area contributed by atoms with E-state index in [-0.39, 0.29) is 36.1 Å². The van der Waals surface area contributed by atoms with Gasteiger partial charge in [0.25, 0.3) is 11.5 Å². The summed E-state index contributed by atoms with van der Waals surface area (Å²) in [6.07, 6.45) is 7.71. The van der Waals surface area contributed by atoms with Gasteiger partial charge < -0.3 is 20.4 Å². The highest BCUT2D eigenvalue weighted by Gasteiger charge is 2.30. The molecular weight excluding hydrogens is 414 g/mol. The smallest absolute Gasteiger partial charge is 0.270 e. The van der Waals surface area contributed by atoms with Gasteiger partial charge in [0, 0.05) is 30.8 Å². The van der Waals surface area contributed by atoms with Crippen molar-refractivity contribution in [3.8, 4) is 5.88 Å². The molecule has 10 nitrogen and oxygen atoms in total. The number of nitrogens with zero attached hydrogens (tertiary/aromatic N) is 4. The fourth-order valence-electron chi connectivity index (χ4n) is 4.12. The van der Waals surface area contributed by atoms with E-state index >= 15 is 0 Å². The van der Waals surface area contributed by atoms with Gasteiger partial charge in [-0.25, -0.2) is 0 Å². The molecule has 0 aromatic carbocycles. The number of nitrogens with one attached hydrogen (secondary N) is 1. The first-order valence-corrected chi connectivity index (χ1v) is 11.1. The molecule has 0 radical (unpaired) electrons. The molecule has 2 amide bonds. The molecule has 3 N–H and O–H groups in total. The van der Waals surface area contributed by atoms with Gasteiger partial charge >= 0.3 is 0 Å². The van der Waals surface area contributed by atoms with Crippen LogP contribution in [0.15, 0.2) is 17.1 Å². The summed E-state index contributed by atoms with van der Waals surface area (Å²) < 4.78 is 2.60. The van der Waals surface area contributed by atoms with Crippen LogP contribution in [0.3, 0.4) is 0 Å². The van der Waals surface area contributed by atoms with Gasteiger partial charge in [-0.15, -0.1) is 0 Å². The highest BCUT2D eigenvalue weighted by atomic mass is 16.3. The molecule has 1 unspecified atom stereocenters. The Morgan fingerprint density at radius 3 is 2.72 bits per heavy atom. The summed E-state index contributed by atoms with van der Waals surface area (Å²) in [6.45, 7) is 4.70. The SMILES string of the molecule is CC(C)Cn1c(=O)c(C(=O)NC2CC2)c(O)n2ncc(C=CC(=O)N3CCCC3CO)c12. The maximum absolute atomic E-state index is 13.2. The lowest BCUT2D eigenvalue weighted by molar-refractivity contribution is -0.127. The van der Waals surface area contributed by atoms with Crippen LogP contribution in [-0.2, 0) is 11.3 Å². The van der Waals surface area contributed by atoms with Crippen molar-refractivity contribution >= 4 is 23.5 Å². The summed E-state index contributed by atoms with van der Waals surface area (Å²) in [4.78, 5) is 40.1. The van der Waals surface area contributed by atoms with Crippen LogP contribution in [0.5, 0.6) is 5.88 Å². The topological polar surface area (TPSA) is 129 Å². The molecule has 4 rings (SSSR count). The summed E-state index contributed by atoms with van der Waals surface area (Å²) in [5.74, 6) is -1.28. The zero-order chi connectivity index (χ0) is 23.0. The molecule has 32 heavy (non-hydrogen) atoms. The number of rotatable bonds is 7. The Morgan fingerprint density at radius 1 is 1.31 bits per heavy atom. The fraction of sp³-hybridized carbons (Fsp3) is 0.545. The van der Waals surface area contributed by atoms with E-state index < -0.39 is 17.3 Å². The molecule has 2 fully saturated rings. The molecule has 1 atom stereocenters. The van der Waals surface area contributed by atoms with Crippen molar-refractivity contribution in [3.05, 3.63) is 33.8 Å². The lowest BCUT2D eigenvalue weighted by Crippen LogP contribution is -2.36. The molecule has 3 heterocycles. The number of carbonyl (C=O) groups is 2. The van der Waals surface area contributed by atoms with Crippen LogP contribution in [0.1, 0.15) is 55.5 Å². The van der Waals surface area contributed by atoms with E-state index in [1.165, 1.54) is 21.4 Å². The second-order valence-electron chi connectivity index (χ2n) is 8.93. The summed E-state index contributed by atoms with van der Waals surface area (Å²) in [7, 11) is 0. The number of carbonyl (C=O) groups excluding carboxylic acids is 2. The summed E-state index contributed by atoms with van der Waals surface area (Å²) >= 11 is 0. The highest BCUT2D eigenvalue weighted by molar-refractivity contribution is 5.97. The average molecular weight is 444 g/mol. The molecule has 2 aromatic heterocycles. The first kappa shape index (κ1) is 22.1. The van der Waals surface area contributed by atoms with Crippen molar-refractivity contribution in [2.45, 2.75) is 58.2 Å². The van der Waals surface area contributed by atoms with Crippen molar-refractivity contribution < 1.29 is 19.8 Å². The van der Waals surface area contributed by atoms with Crippen LogP contribution in [0.25, 0.3) is 11.7 Å². The minimum absolute atomic E-state index is 0.0333. The van der Waals surface area contributed by atoms with Gasteiger partial charge in [-0.1, -0.05) is 13.8 Å². The van der Waals surface area contributed by atoms with Crippen LogP contribution in [-0.4, -0.2) is 66.3 Å². The number of fused-ring (bicyclic) bond motifs is 1. The van der Waals surface area contributed by atoms with Crippen LogP contribution in [0.4, 0.5) is 0 Å². The molecule has 0 bridgehead atoms. The monoisotopic (exact) mass is 443 g/mol. The van der Waals surface area contributed by atoms with Crippen molar-refractivity contribution in [2.24, 2.45) is 5.92 Å². The van der Waals surface area contributed by atoms with Gasteiger partial charge in [0.05, 0.1) is 18.8 Å². The van der Waals surface area contributed by atoms with Crippen LogP contribution >= 0.6 is 0 Å². The van der Waals surface area contributed by atoms with Gasteiger partial charge in [-0.2, -0.15) is 9.61 Å². The number of aliphatic hydroxyl groups excluding tert-OH is 1. The van der Waals surface area contributed by atoms with E-state index in [0.717, 1.165) is 25.7 Å². The van der Waals surface area contributed by atoms with E-state index in [2.05, 4.69) is 10.4 Å². The standard InChI is InChI=1S/C22H29N5O5/c1-13(2)11-26-20-14(5-8-17(29)25-9-3-4-16(25)12-28)10-23-27(20)22(32)18(21(26)31)19(30)24-15-6-7-15/h5,8,10,13,15-16,28,32H,3-4,6-7,9,11-12H2,1-2H3,(H,24,30). The molecule has 2 aromatic rings. The maximum atomic E-state index is 13.2. The van der Waals surface area contributed by atoms with E-state index in [0.29, 0.717) is 24.3 Å². The largest absolute Gasteiger partial charge is 0.492 e. The highest BCUT2D eigenvalue weighted by Crippen LogP contribution is 2.24. The normalized spacial score (nSPS) is 18.9. The second kappa shape index (κ2) is 8.78. The van der Waals surface area contributed by atoms with Crippen LogP contribution in [0, 0.1) is 5.92 Å². The number of aromatic nitrogens is 3. The Labute approximate surface area is 185 Å². The Bertz CT molecular complexity index is 1130. The number of hydrogen-bond donors (Lipinski definition) is 3. The van der Waals surface area contributed by atoms with Crippen molar-refractivity contribution in [1.82, 2.24) is 24.4 Å².